The number of halogens is 1. The van der Waals surface area contributed by atoms with Crippen LogP contribution in [0.4, 0.5) is 4.39 Å². The molecule has 0 saturated carbocycles. The summed E-state index contributed by atoms with van der Waals surface area (Å²) in [6.07, 6.45) is 4.02. The Kier molecular flexibility index (Phi) is 7.53. The van der Waals surface area contributed by atoms with Crippen molar-refractivity contribution in [2.45, 2.75) is 25.7 Å². The molecule has 8 heavy (non-hydrogen) atoms. The van der Waals surface area contributed by atoms with E-state index in [2.05, 4.69) is 12.6 Å². The molecule has 0 rings (SSSR count). The van der Waals surface area contributed by atoms with Crippen LogP contribution in [0.2, 0.25) is 0 Å². The Morgan fingerprint density at radius 2 is 1.62 bits per heavy atom. The van der Waals surface area contributed by atoms with Crippen LogP contribution in [0.5, 0.6) is 0 Å². The largest absolute Gasteiger partial charge is 0.251 e. The molecule has 0 saturated heterocycles. The Hall–Kier alpha value is 0.280. The number of alkyl halides is 1. The van der Waals surface area contributed by atoms with Crippen molar-refractivity contribution >= 4 is 12.6 Å². The summed E-state index contributed by atoms with van der Waals surface area (Å²) in [7, 11) is 0. The van der Waals surface area contributed by atoms with Crippen LogP contribution in [0.25, 0.3) is 0 Å². The summed E-state index contributed by atoms with van der Waals surface area (Å²) < 4.78 is 11.4. The maximum atomic E-state index is 11.4. The van der Waals surface area contributed by atoms with Gasteiger partial charge in [0.05, 0.1) is 6.67 Å². The first-order valence-corrected chi connectivity index (χ1v) is 3.72. The van der Waals surface area contributed by atoms with Gasteiger partial charge in [-0.1, -0.05) is 12.8 Å². The SMILES string of the molecule is FCCCCCCS. The quantitative estimate of drug-likeness (QED) is 0.435. The second kappa shape index (κ2) is 7.28. The highest BCUT2D eigenvalue weighted by Crippen LogP contribution is 2.00. The van der Waals surface area contributed by atoms with Gasteiger partial charge in [-0.3, -0.25) is 4.39 Å². The van der Waals surface area contributed by atoms with Crippen molar-refractivity contribution in [1.82, 2.24) is 0 Å². The molecule has 0 aromatic rings. The van der Waals surface area contributed by atoms with Crippen LogP contribution < -0.4 is 0 Å². The van der Waals surface area contributed by atoms with Gasteiger partial charge >= 0.3 is 0 Å². The van der Waals surface area contributed by atoms with Crippen molar-refractivity contribution in [3.05, 3.63) is 0 Å². The first-order chi connectivity index (χ1) is 3.91. The molecule has 0 amide bonds. The molecule has 0 bridgehead atoms. The normalized spacial score (nSPS) is 9.75. The molecular formula is C6H13FS. The number of thiol groups is 1. The fraction of sp³-hybridized carbons (Fsp3) is 1.00. The van der Waals surface area contributed by atoms with Crippen LogP contribution >= 0.6 is 12.6 Å². The predicted molar refractivity (Wildman–Crippen MR) is 38.3 cm³/mol. The lowest BCUT2D eigenvalue weighted by atomic mass is 10.2. The van der Waals surface area contributed by atoms with Crippen molar-refractivity contribution in [3.8, 4) is 0 Å². The summed E-state index contributed by atoms with van der Waals surface area (Å²) in [6, 6.07) is 0. The van der Waals surface area contributed by atoms with E-state index in [-0.39, 0.29) is 6.67 Å². The highest BCUT2D eigenvalue weighted by molar-refractivity contribution is 7.80. The van der Waals surface area contributed by atoms with Crippen LogP contribution in [0, 0.1) is 0 Å². The number of rotatable bonds is 5. The van der Waals surface area contributed by atoms with E-state index < -0.39 is 0 Å². The Morgan fingerprint density at radius 3 is 2.12 bits per heavy atom. The van der Waals surface area contributed by atoms with Crippen LogP contribution in [0.15, 0.2) is 0 Å². The molecule has 0 aromatic carbocycles. The van der Waals surface area contributed by atoms with E-state index in [9.17, 15) is 4.39 Å². The molecule has 2 heteroatoms. The van der Waals surface area contributed by atoms with Crippen LogP contribution in [0.1, 0.15) is 25.7 Å². The third-order valence-electron chi connectivity index (χ3n) is 1.04. The molecule has 0 aliphatic heterocycles. The van der Waals surface area contributed by atoms with Crippen LogP contribution in [-0.4, -0.2) is 12.4 Å². The molecule has 0 nitrogen and oxygen atoms in total. The zero-order valence-corrected chi connectivity index (χ0v) is 5.96. The average molecular weight is 136 g/mol. The molecule has 0 N–H and O–H groups in total. The van der Waals surface area contributed by atoms with Crippen LogP contribution in [0.3, 0.4) is 0 Å². The Bertz CT molecular complexity index is 33.5. The number of hydrogen-bond acceptors (Lipinski definition) is 1. The van der Waals surface area contributed by atoms with E-state index in [1.165, 1.54) is 0 Å². The van der Waals surface area contributed by atoms with Gasteiger partial charge in [0.2, 0.25) is 0 Å². The lowest BCUT2D eigenvalue weighted by molar-refractivity contribution is 0.455. The van der Waals surface area contributed by atoms with Gasteiger partial charge in [-0.05, 0) is 18.6 Å². The summed E-state index contributed by atoms with van der Waals surface area (Å²) in [6.45, 7) is -0.160. The average Bonchev–Trinajstić information content (AvgIpc) is 1.81. The fourth-order valence-electron chi connectivity index (χ4n) is 0.560. The molecule has 0 atom stereocenters. The minimum absolute atomic E-state index is 0.160. The van der Waals surface area contributed by atoms with E-state index in [0.717, 1.165) is 31.4 Å². The second-order valence-corrected chi connectivity index (χ2v) is 2.27. The summed E-state index contributed by atoms with van der Waals surface area (Å²) in [4.78, 5) is 0. The van der Waals surface area contributed by atoms with E-state index in [1.807, 2.05) is 0 Å². The maximum absolute atomic E-state index is 11.4. The molecule has 0 fully saturated rings. The zero-order chi connectivity index (χ0) is 6.24. The molecule has 0 unspecified atom stereocenters. The molecular weight excluding hydrogens is 123 g/mol. The Balaban J connectivity index is 2.53. The van der Waals surface area contributed by atoms with E-state index in [4.69, 9.17) is 0 Å². The Morgan fingerprint density at radius 1 is 1.00 bits per heavy atom. The van der Waals surface area contributed by atoms with Crippen molar-refractivity contribution in [3.63, 3.8) is 0 Å². The van der Waals surface area contributed by atoms with Gasteiger partial charge in [0.1, 0.15) is 0 Å². The summed E-state index contributed by atoms with van der Waals surface area (Å²) >= 11 is 4.03. The second-order valence-electron chi connectivity index (χ2n) is 1.83. The fourth-order valence-corrected chi connectivity index (χ4v) is 0.783. The molecule has 0 spiro atoms. The van der Waals surface area contributed by atoms with E-state index in [0.29, 0.717) is 0 Å². The lowest BCUT2D eigenvalue weighted by Crippen LogP contribution is -1.79. The molecule has 0 aliphatic carbocycles. The molecule has 0 aromatic heterocycles. The minimum Gasteiger partial charge on any atom is -0.251 e. The van der Waals surface area contributed by atoms with Gasteiger partial charge < -0.3 is 0 Å². The standard InChI is InChI=1S/C6H13FS/c7-5-3-1-2-4-6-8/h8H,1-6H2. The van der Waals surface area contributed by atoms with Crippen molar-refractivity contribution in [2.24, 2.45) is 0 Å². The van der Waals surface area contributed by atoms with Gasteiger partial charge in [0, 0.05) is 0 Å². The van der Waals surface area contributed by atoms with Crippen molar-refractivity contribution < 1.29 is 4.39 Å². The number of unbranched alkanes of at least 4 members (excludes halogenated alkanes) is 3. The Labute approximate surface area is 55.9 Å². The molecule has 0 aliphatic rings. The van der Waals surface area contributed by atoms with Crippen LogP contribution in [-0.2, 0) is 0 Å². The summed E-state index contributed by atoms with van der Waals surface area (Å²) in [5, 5.41) is 0. The third-order valence-corrected chi connectivity index (χ3v) is 1.36. The highest BCUT2D eigenvalue weighted by atomic mass is 32.1. The van der Waals surface area contributed by atoms with E-state index >= 15 is 0 Å². The lowest BCUT2D eigenvalue weighted by Gasteiger charge is -1.92. The van der Waals surface area contributed by atoms with E-state index in [1.54, 1.807) is 0 Å². The first kappa shape index (κ1) is 8.28. The highest BCUT2D eigenvalue weighted by Gasteiger charge is 1.85. The summed E-state index contributed by atoms with van der Waals surface area (Å²) in [5.74, 6) is 0.937. The molecule has 0 radical (unpaired) electrons. The predicted octanol–water partition coefficient (Wildman–Crippen LogP) is 2.45. The zero-order valence-electron chi connectivity index (χ0n) is 5.07. The van der Waals surface area contributed by atoms with Gasteiger partial charge in [0.25, 0.3) is 0 Å². The topological polar surface area (TPSA) is 0 Å². The maximum Gasteiger partial charge on any atom is 0.0894 e. The van der Waals surface area contributed by atoms with Crippen molar-refractivity contribution in [1.29, 1.82) is 0 Å². The summed E-state index contributed by atoms with van der Waals surface area (Å²) in [5.41, 5.74) is 0. The smallest absolute Gasteiger partial charge is 0.0894 e. The first-order valence-electron chi connectivity index (χ1n) is 3.08. The molecule has 50 valence electrons. The van der Waals surface area contributed by atoms with Gasteiger partial charge in [0.15, 0.2) is 0 Å². The monoisotopic (exact) mass is 136 g/mol. The van der Waals surface area contributed by atoms with Gasteiger partial charge in [-0.25, -0.2) is 0 Å². The third kappa shape index (κ3) is 6.28. The molecule has 0 heterocycles. The van der Waals surface area contributed by atoms with Gasteiger partial charge in [-0.2, -0.15) is 12.6 Å². The van der Waals surface area contributed by atoms with Gasteiger partial charge in [-0.15, -0.1) is 0 Å². The number of hydrogen-bond donors (Lipinski definition) is 1. The van der Waals surface area contributed by atoms with Crippen molar-refractivity contribution in [2.75, 3.05) is 12.4 Å². The minimum atomic E-state index is -0.160.